The lowest BCUT2D eigenvalue weighted by molar-refractivity contribution is 0.0919. The highest BCUT2D eigenvalue weighted by atomic mass is 16.5. The summed E-state index contributed by atoms with van der Waals surface area (Å²) >= 11 is 0. The first-order valence-electron chi connectivity index (χ1n) is 5.41. The molecule has 3 nitrogen and oxygen atoms in total. The van der Waals surface area contributed by atoms with Gasteiger partial charge in [-0.15, -0.1) is 6.42 Å². The molecule has 3 heteroatoms. The van der Waals surface area contributed by atoms with Crippen molar-refractivity contribution in [2.24, 2.45) is 0 Å². The van der Waals surface area contributed by atoms with Crippen LogP contribution in [0.4, 0.5) is 0 Å². The Bertz CT molecular complexity index is 421. The van der Waals surface area contributed by atoms with Gasteiger partial charge in [0.1, 0.15) is 12.4 Å². The molecule has 0 saturated carbocycles. The molecule has 0 aliphatic heterocycles. The topological polar surface area (TPSA) is 38.3 Å². The molecule has 90 valence electrons. The van der Waals surface area contributed by atoms with Crippen molar-refractivity contribution in [3.8, 4) is 18.1 Å². The van der Waals surface area contributed by atoms with Crippen LogP contribution in [-0.2, 0) is 0 Å². The molecule has 17 heavy (non-hydrogen) atoms. The standard InChI is InChI=1S/C14H17NO2/c1-5-10-17-12-8-6-11(7-9-12)13(16)15-14(2,3)4/h1,6-9H,10H2,2-4H3,(H,15,16). The smallest absolute Gasteiger partial charge is 0.251 e. The number of ether oxygens (including phenoxy) is 1. The van der Waals surface area contributed by atoms with Gasteiger partial charge in [-0.3, -0.25) is 4.79 Å². The molecule has 0 unspecified atom stereocenters. The normalized spacial score (nSPS) is 10.5. The minimum atomic E-state index is -0.240. The number of hydrogen-bond donors (Lipinski definition) is 1. The van der Waals surface area contributed by atoms with Crippen molar-refractivity contribution in [3.05, 3.63) is 29.8 Å². The highest BCUT2D eigenvalue weighted by molar-refractivity contribution is 5.94. The maximum absolute atomic E-state index is 11.8. The molecule has 1 aromatic rings. The lowest BCUT2D eigenvalue weighted by atomic mass is 10.1. The average Bonchev–Trinajstić information content (AvgIpc) is 2.24. The molecular formula is C14H17NO2. The average molecular weight is 231 g/mol. The summed E-state index contributed by atoms with van der Waals surface area (Å²) in [6.07, 6.45) is 5.08. The molecule has 1 amide bonds. The van der Waals surface area contributed by atoms with E-state index in [9.17, 15) is 4.79 Å². The molecule has 0 saturated heterocycles. The monoisotopic (exact) mass is 231 g/mol. The van der Waals surface area contributed by atoms with Crippen LogP contribution in [0.1, 0.15) is 31.1 Å². The molecule has 1 rings (SSSR count). The summed E-state index contributed by atoms with van der Waals surface area (Å²) in [4.78, 5) is 11.8. The third kappa shape index (κ3) is 4.60. The number of benzene rings is 1. The first-order valence-corrected chi connectivity index (χ1v) is 5.41. The molecule has 0 aliphatic rings. The predicted molar refractivity (Wildman–Crippen MR) is 68.0 cm³/mol. The van der Waals surface area contributed by atoms with E-state index in [1.54, 1.807) is 24.3 Å². The SMILES string of the molecule is C#CCOc1ccc(C(=O)NC(C)(C)C)cc1. The molecule has 0 aliphatic carbocycles. The van der Waals surface area contributed by atoms with Gasteiger partial charge in [0.15, 0.2) is 0 Å². The van der Waals surface area contributed by atoms with E-state index in [1.165, 1.54) is 0 Å². The van der Waals surface area contributed by atoms with Gasteiger partial charge in [0.2, 0.25) is 0 Å². The van der Waals surface area contributed by atoms with E-state index in [-0.39, 0.29) is 18.1 Å². The fourth-order valence-corrected chi connectivity index (χ4v) is 1.24. The lowest BCUT2D eigenvalue weighted by Crippen LogP contribution is -2.40. The summed E-state index contributed by atoms with van der Waals surface area (Å²) in [5.74, 6) is 2.95. The fourth-order valence-electron chi connectivity index (χ4n) is 1.24. The highest BCUT2D eigenvalue weighted by Crippen LogP contribution is 2.12. The summed E-state index contributed by atoms with van der Waals surface area (Å²) in [5.41, 5.74) is 0.364. The van der Waals surface area contributed by atoms with E-state index >= 15 is 0 Å². The minimum absolute atomic E-state index is 0.0963. The van der Waals surface area contributed by atoms with Crippen molar-refractivity contribution in [2.75, 3.05) is 6.61 Å². The molecule has 0 heterocycles. The van der Waals surface area contributed by atoms with Crippen molar-refractivity contribution >= 4 is 5.91 Å². The molecule has 0 fully saturated rings. The lowest BCUT2D eigenvalue weighted by Gasteiger charge is -2.20. The predicted octanol–water partition coefficient (Wildman–Crippen LogP) is 2.23. The van der Waals surface area contributed by atoms with Crippen LogP contribution in [0, 0.1) is 12.3 Å². The second kappa shape index (κ2) is 5.40. The summed E-state index contributed by atoms with van der Waals surface area (Å²) in [6, 6.07) is 6.89. The Kier molecular flexibility index (Phi) is 4.17. The Morgan fingerprint density at radius 1 is 1.35 bits per heavy atom. The minimum Gasteiger partial charge on any atom is -0.481 e. The second-order valence-electron chi connectivity index (χ2n) is 4.72. The molecule has 1 aromatic carbocycles. The van der Waals surface area contributed by atoms with Crippen LogP contribution in [0.2, 0.25) is 0 Å². The number of rotatable bonds is 3. The zero-order chi connectivity index (χ0) is 12.9. The van der Waals surface area contributed by atoms with Crippen LogP contribution in [0.3, 0.4) is 0 Å². The summed E-state index contributed by atoms with van der Waals surface area (Å²) in [7, 11) is 0. The van der Waals surface area contributed by atoms with Crippen LogP contribution in [0.5, 0.6) is 5.75 Å². The van der Waals surface area contributed by atoms with E-state index in [0.29, 0.717) is 11.3 Å². The van der Waals surface area contributed by atoms with Gasteiger partial charge >= 0.3 is 0 Å². The van der Waals surface area contributed by atoms with Crippen molar-refractivity contribution in [3.63, 3.8) is 0 Å². The molecule has 1 N–H and O–H groups in total. The fraction of sp³-hybridized carbons (Fsp3) is 0.357. The van der Waals surface area contributed by atoms with Gasteiger partial charge in [-0.25, -0.2) is 0 Å². The Balaban J connectivity index is 2.68. The highest BCUT2D eigenvalue weighted by Gasteiger charge is 2.14. The van der Waals surface area contributed by atoms with Crippen molar-refractivity contribution in [1.82, 2.24) is 5.32 Å². The van der Waals surface area contributed by atoms with E-state index < -0.39 is 0 Å². The van der Waals surface area contributed by atoms with Crippen molar-refractivity contribution in [1.29, 1.82) is 0 Å². The summed E-state index contributed by atoms with van der Waals surface area (Å²) < 4.78 is 5.22. The summed E-state index contributed by atoms with van der Waals surface area (Å²) in [6.45, 7) is 6.05. The Hall–Kier alpha value is -1.95. The van der Waals surface area contributed by atoms with Crippen LogP contribution >= 0.6 is 0 Å². The first kappa shape index (κ1) is 13.1. The number of carbonyl (C=O) groups excluding carboxylic acids is 1. The van der Waals surface area contributed by atoms with Crippen molar-refractivity contribution in [2.45, 2.75) is 26.3 Å². The van der Waals surface area contributed by atoms with E-state index in [2.05, 4.69) is 11.2 Å². The van der Waals surface area contributed by atoms with E-state index in [1.807, 2.05) is 20.8 Å². The zero-order valence-corrected chi connectivity index (χ0v) is 10.4. The number of amides is 1. The third-order valence-corrected chi connectivity index (χ3v) is 1.93. The third-order valence-electron chi connectivity index (χ3n) is 1.93. The Labute approximate surface area is 102 Å². The van der Waals surface area contributed by atoms with E-state index in [0.717, 1.165) is 0 Å². The van der Waals surface area contributed by atoms with Gasteiger partial charge in [0.25, 0.3) is 5.91 Å². The number of carbonyl (C=O) groups is 1. The van der Waals surface area contributed by atoms with Gasteiger partial charge in [-0.2, -0.15) is 0 Å². The zero-order valence-electron chi connectivity index (χ0n) is 10.4. The Morgan fingerprint density at radius 2 is 1.94 bits per heavy atom. The van der Waals surface area contributed by atoms with E-state index in [4.69, 9.17) is 11.2 Å². The molecular weight excluding hydrogens is 214 g/mol. The van der Waals surface area contributed by atoms with Crippen LogP contribution in [0.15, 0.2) is 24.3 Å². The number of hydrogen-bond acceptors (Lipinski definition) is 2. The van der Waals surface area contributed by atoms with Crippen LogP contribution < -0.4 is 10.1 Å². The molecule has 0 atom stereocenters. The van der Waals surface area contributed by atoms with Crippen LogP contribution in [-0.4, -0.2) is 18.1 Å². The van der Waals surface area contributed by atoms with Gasteiger partial charge in [-0.1, -0.05) is 5.92 Å². The molecule has 0 bridgehead atoms. The van der Waals surface area contributed by atoms with Gasteiger partial charge in [0, 0.05) is 11.1 Å². The molecule has 0 spiro atoms. The largest absolute Gasteiger partial charge is 0.481 e. The number of terminal acetylenes is 1. The maximum atomic E-state index is 11.8. The maximum Gasteiger partial charge on any atom is 0.251 e. The second-order valence-corrected chi connectivity index (χ2v) is 4.72. The molecule has 0 radical (unpaired) electrons. The van der Waals surface area contributed by atoms with Gasteiger partial charge in [0.05, 0.1) is 0 Å². The number of nitrogens with one attached hydrogen (secondary N) is 1. The first-order chi connectivity index (χ1) is 7.92. The quantitative estimate of drug-likeness (QED) is 0.810. The van der Waals surface area contributed by atoms with Crippen LogP contribution in [0.25, 0.3) is 0 Å². The van der Waals surface area contributed by atoms with Gasteiger partial charge < -0.3 is 10.1 Å². The summed E-state index contributed by atoms with van der Waals surface area (Å²) in [5, 5.41) is 2.89. The van der Waals surface area contributed by atoms with Gasteiger partial charge in [-0.05, 0) is 45.0 Å². The molecule has 0 aromatic heterocycles. The Morgan fingerprint density at radius 3 is 2.41 bits per heavy atom. The van der Waals surface area contributed by atoms with Crippen molar-refractivity contribution < 1.29 is 9.53 Å².